The lowest BCUT2D eigenvalue weighted by atomic mass is 10.1. The third-order valence-electron chi connectivity index (χ3n) is 3.67. The van der Waals surface area contributed by atoms with Gasteiger partial charge in [0, 0.05) is 17.2 Å². The zero-order valence-corrected chi connectivity index (χ0v) is 19.1. The first kappa shape index (κ1) is 23.1. The molecule has 12 heteroatoms. The number of alkyl halides is 6. The third-order valence-corrected chi connectivity index (χ3v) is 4.68. The minimum absolute atomic E-state index is 0.0454. The summed E-state index contributed by atoms with van der Waals surface area (Å²) >= 11 is 35.5. The van der Waals surface area contributed by atoms with Crippen molar-refractivity contribution in [1.29, 1.82) is 0 Å². The fraction of sp³-hybridized carbons (Fsp3) is 0.111. The van der Waals surface area contributed by atoms with E-state index in [1.54, 1.807) is 30.3 Å². The molecule has 0 unspecified atom stereocenters. The highest BCUT2D eigenvalue weighted by atomic mass is 35.6. The van der Waals surface area contributed by atoms with Crippen molar-refractivity contribution in [1.82, 2.24) is 15.0 Å². The number of nitrogens with one attached hydrogen (secondary N) is 1. The molecule has 2 N–H and O–H groups in total. The molecule has 0 atom stereocenters. The maximum Gasteiger partial charge on any atom is 0.255 e. The van der Waals surface area contributed by atoms with E-state index >= 15 is 0 Å². The van der Waals surface area contributed by atoms with Gasteiger partial charge in [-0.05, 0) is 24.3 Å². The Labute approximate surface area is 201 Å². The number of carbonyl (C=O) groups excluding carboxylic acids is 1. The summed E-state index contributed by atoms with van der Waals surface area (Å²) in [6.45, 7) is 0. The number of amides is 1. The highest BCUT2D eigenvalue weighted by molar-refractivity contribution is 6.67. The summed E-state index contributed by atoms with van der Waals surface area (Å²) < 4.78 is -4.07. The number of aromatic hydroxyl groups is 1. The topological polar surface area (TPSA) is 88.0 Å². The maximum absolute atomic E-state index is 12.6. The van der Waals surface area contributed by atoms with E-state index in [1.165, 1.54) is 18.2 Å². The number of hydrogen-bond donors (Lipinski definition) is 2. The number of benzene rings is 2. The van der Waals surface area contributed by atoms with Crippen LogP contribution >= 0.6 is 69.6 Å². The lowest BCUT2D eigenvalue weighted by Gasteiger charge is -2.17. The Kier molecular flexibility index (Phi) is 6.87. The van der Waals surface area contributed by atoms with Crippen molar-refractivity contribution in [2.45, 2.75) is 7.59 Å². The number of phenolic OH excluding ortho intramolecular Hbond substituents is 1. The molecule has 1 heterocycles. The van der Waals surface area contributed by atoms with Gasteiger partial charge in [-0.3, -0.25) is 4.79 Å². The van der Waals surface area contributed by atoms with Crippen LogP contribution in [0.3, 0.4) is 0 Å². The van der Waals surface area contributed by atoms with Gasteiger partial charge < -0.3 is 10.4 Å². The number of phenols is 1. The predicted molar refractivity (Wildman–Crippen MR) is 120 cm³/mol. The molecule has 0 bridgehead atoms. The van der Waals surface area contributed by atoms with Crippen LogP contribution in [0.15, 0.2) is 48.5 Å². The summed E-state index contributed by atoms with van der Waals surface area (Å²) in [5.41, 5.74) is 0.845. The van der Waals surface area contributed by atoms with Crippen molar-refractivity contribution in [2.75, 3.05) is 5.32 Å². The number of rotatable bonds is 3. The van der Waals surface area contributed by atoms with Gasteiger partial charge in [0.15, 0.2) is 17.5 Å². The van der Waals surface area contributed by atoms with Crippen LogP contribution < -0.4 is 5.32 Å². The van der Waals surface area contributed by atoms with Crippen LogP contribution in [-0.4, -0.2) is 26.0 Å². The molecule has 1 aromatic heterocycles. The molecule has 0 aliphatic carbocycles. The lowest BCUT2D eigenvalue weighted by Crippen LogP contribution is -2.17. The van der Waals surface area contributed by atoms with E-state index in [2.05, 4.69) is 20.3 Å². The van der Waals surface area contributed by atoms with Crippen LogP contribution in [0.2, 0.25) is 0 Å². The quantitative estimate of drug-likeness (QED) is 0.400. The van der Waals surface area contributed by atoms with Gasteiger partial charge in [0.25, 0.3) is 5.91 Å². The van der Waals surface area contributed by atoms with E-state index in [-0.39, 0.29) is 34.5 Å². The van der Waals surface area contributed by atoms with Gasteiger partial charge in [-0.25, -0.2) is 15.0 Å². The Bertz CT molecular complexity index is 1050. The average Bonchev–Trinajstić information content (AvgIpc) is 2.67. The number of carbonyl (C=O) groups is 1. The molecule has 3 aromatic rings. The molecular formula is C18H10Cl6N4O2. The summed E-state index contributed by atoms with van der Waals surface area (Å²) in [7, 11) is 0. The van der Waals surface area contributed by atoms with Gasteiger partial charge in [0.05, 0.1) is 5.69 Å². The molecule has 1 amide bonds. The van der Waals surface area contributed by atoms with Crippen molar-refractivity contribution >= 4 is 81.2 Å². The molecule has 0 radical (unpaired) electrons. The zero-order chi connectivity index (χ0) is 22.1. The molecule has 6 nitrogen and oxygen atoms in total. The first-order valence-electron chi connectivity index (χ1n) is 8.05. The van der Waals surface area contributed by atoms with Gasteiger partial charge in [-0.2, -0.15) is 0 Å². The second kappa shape index (κ2) is 8.91. The number of aromatic nitrogens is 3. The van der Waals surface area contributed by atoms with Crippen molar-refractivity contribution in [3.8, 4) is 17.1 Å². The molecule has 0 saturated carbocycles. The smallest absolute Gasteiger partial charge is 0.255 e. The predicted octanol–water partition coefficient (Wildman–Crippen LogP) is 6.15. The first-order valence-corrected chi connectivity index (χ1v) is 10.3. The van der Waals surface area contributed by atoms with E-state index in [0.717, 1.165) is 0 Å². The third kappa shape index (κ3) is 5.58. The van der Waals surface area contributed by atoms with Crippen molar-refractivity contribution in [2.24, 2.45) is 0 Å². The van der Waals surface area contributed by atoms with Crippen LogP contribution in [0, 0.1) is 0 Å². The van der Waals surface area contributed by atoms with Gasteiger partial charge in [-0.1, -0.05) is 87.8 Å². The summed E-state index contributed by atoms with van der Waals surface area (Å²) in [5, 5.41) is 12.6. The molecule has 156 valence electrons. The second-order valence-corrected chi connectivity index (χ2v) is 10.4. The molecule has 0 aliphatic rings. The Balaban J connectivity index is 2.13. The maximum atomic E-state index is 12.6. The number of hydrogen-bond acceptors (Lipinski definition) is 5. The largest absolute Gasteiger partial charge is 0.508 e. The molecule has 3 rings (SSSR count). The van der Waals surface area contributed by atoms with Gasteiger partial charge >= 0.3 is 0 Å². The Hall–Kier alpha value is -1.54. The minimum Gasteiger partial charge on any atom is -0.508 e. The van der Waals surface area contributed by atoms with E-state index in [1.807, 2.05) is 0 Å². The monoisotopic (exact) mass is 524 g/mol. The summed E-state index contributed by atoms with van der Waals surface area (Å²) in [4.78, 5) is 24.8. The molecule has 0 aliphatic heterocycles. The fourth-order valence-corrected chi connectivity index (χ4v) is 2.87. The lowest BCUT2D eigenvalue weighted by molar-refractivity contribution is 0.102. The van der Waals surface area contributed by atoms with E-state index < -0.39 is 13.5 Å². The highest BCUT2D eigenvalue weighted by Gasteiger charge is 2.34. The van der Waals surface area contributed by atoms with Crippen LogP contribution in [-0.2, 0) is 7.59 Å². The Morgan fingerprint density at radius 3 is 1.93 bits per heavy atom. The summed E-state index contributed by atoms with van der Waals surface area (Å²) in [6, 6.07) is 12.6. The highest BCUT2D eigenvalue weighted by Crippen LogP contribution is 2.41. The number of nitrogens with zero attached hydrogens (tertiary/aromatic N) is 3. The molecule has 0 spiro atoms. The van der Waals surface area contributed by atoms with Gasteiger partial charge in [0.2, 0.25) is 7.59 Å². The van der Waals surface area contributed by atoms with Crippen molar-refractivity contribution in [3.05, 3.63) is 65.7 Å². The van der Waals surface area contributed by atoms with Crippen LogP contribution in [0.25, 0.3) is 11.4 Å². The van der Waals surface area contributed by atoms with Crippen LogP contribution in [0.4, 0.5) is 5.69 Å². The number of halogens is 6. The van der Waals surface area contributed by atoms with E-state index in [0.29, 0.717) is 5.56 Å². The van der Waals surface area contributed by atoms with Crippen LogP contribution in [0.5, 0.6) is 5.75 Å². The van der Waals surface area contributed by atoms with Crippen molar-refractivity contribution < 1.29 is 9.90 Å². The molecular weight excluding hydrogens is 517 g/mol. The zero-order valence-electron chi connectivity index (χ0n) is 14.6. The first-order chi connectivity index (χ1) is 13.9. The molecule has 2 aromatic carbocycles. The van der Waals surface area contributed by atoms with Gasteiger partial charge in [0.1, 0.15) is 5.75 Å². The summed E-state index contributed by atoms with van der Waals surface area (Å²) in [5.74, 6) is -1.16. The van der Waals surface area contributed by atoms with Crippen LogP contribution in [0.1, 0.15) is 22.0 Å². The van der Waals surface area contributed by atoms with E-state index in [4.69, 9.17) is 69.6 Å². The molecule has 0 saturated heterocycles. The average molecular weight is 527 g/mol. The van der Waals surface area contributed by atoms with Gasteiger partial charge in [-0.15, -0.1) is 0 Å². The number of anilines is 1. The standard InChI is InChI=1S/C18H10Cl6N4O2/c19-17(20,21)15-26-13(27-16(28-15)18(22,23)24)11-7-6-10(29)8-12(11)25-14(30)9-4-2-1-3-5-9/h1-8,29H,(H,25,30). The summed E-state index contributed by atoms with van der Waals surface area (Å²) in [6.07, 6.45) is 0. The van der Waals surface area contributed by atoms with E-state index in [9.17, 15) is 9.90 Å². The Morgan fingerprint density at radius 1 is 0.833 bits per heavy atom. The SMILES string of the molecule is O=C(Nc1cc(O)ccc1-c1nc(C(Cl)(Cl)Cl)nc(C(Cl)(Cl)Cl)n1)c1ccccc1. The Morgan fingerprint density at radius 2 is 1.40 bits per heavy atom. The fourth-order valence-electron chi connectivity index (χ4n) is 2.36. The molecule has 30 heavy (non-hydrogen) atoms. The molecule has 0 fully saturated rings. The second-order valence-electron chi connectivity index (χ2n) is 5.85. The minimum atomic E-state index is -2.03. The normalized spacial score (nSPS) is 11.9. The van der Waals surface area contributed by atoms with Crippen molar-refractivity contribution in [3.63, 3.8) is 0 Å².